The van der Waals surface area contributed by atoms with Gasteiger partial charge in [-0.2, -0.15) is 0 Å². The fourth-order valence-corrected chi connectivity index (χ4v) is 2.39. The van der Waals surface area contributed by atoms with Crippen LogP contribution in [0, 0.1) is 0 Å². The average molecular weight is 262 g/mol. The van der Waals surface area contributed by atoms with Crippen molar-refractivity contribution in [2.24, 2.45) is 0 Å². The van der Waals surface area contributed by atoms with Gasteiger partial charge < -0.3 is 5.11 Å². The van der Waals surface area contributed by atoms with E-state index in [0.717, 1.165) is 30.8 Å². The first kappa shape index (κ1) is 13.2. The van der Waals surface area contributed by atoms with Gasteiger partial charge in [-0.1, -0.05) is 30.3 Å². The van der Waals surface area contributed by atoms with Gasteiger partial charge in [-0.15, -0.1) is 11.3 Å². The zero-order chi connectivity index (χ0) is 12.6. The summed E-state index contributed by atoms with van der Waals surface area (Å²) in [6.07, 6.45) is 4.36. The quantitative estimate of drug-likeness (QED) is 0.596. The Kier molecular flexibility index (Phi) is 5.33. The minimum atomic E-state index is -0.623. The van der Waals surface area contributed by atoms with Crippen LogP contribution in [-0.2, 0) is 6.42 Å². The normalized spacial score (nSPS) is 12.5. The maximum Gasteiger partial charge on any atom is 0.157 e. The zero-order valence-electron chi connectivity index (χ0n) is 10.2. The van der Waals surface area contributed by atoms with E-state index in [9.17, 15) is 5.11 Å². The minimum absolute atomic E-state index is 0.623. The molecule has 0 saturated carbocycles. The highest BCUT2D eigenvalue weighted by Gasteiger charge is 2.07. The van der Waals surface area contributed by atoms with E-state index >= 15 is 0 Å². The lowest BCUT2D eigenvalue weighted by Crippen LogP contribution is -2.21. The van der Waals surface area contributed by atoms with E-state index in [2.05, 4.69) is 34.6 Å². The summed E-state index contributed by atoms with van der Waals surface area (Å²) >= 11 is 1.47. The van der Waals surface area contributed by atoms with Gasteiger partial charge in [-0.05, 0) is 31.4 Å². The summed E-state index contributed by atoms with van der Waals surface area (Å²) < 4.78 is 0. The fourth-order valence-electron chi connectivity index (χ4n) is 1.79. The fraction of sp³-hybridized carbons (Fsp3) is 0.357. The van der Waals surface area contributed by atoms with Crippen molar-refractivity contribution in [1.82, 2.24) is 10.3 Å². The third-order valence-electron chi connectivity index (χ3n) is 2.76. The van der Waals surface area contributed by atoms with Crippen molar-refractivity contribution in [1.29, 1.82) is 0 Å². The second-order valence-electron chi connectivity index (χ2n) is 4.17. The highest BCUT2D eigenvalue weighted by Crippen LogP contribution is 2.12. The van der Waals surface area contributed by atoms with E-state index < -0.39 is 6.23 Å². The highest BCUT2D eigenvalue weighted by atomic mass is 32.1. The van der Waals surface area contributed by atoms with Crippen LogP contribution < -0.4 is 5.32 Å². The summed E-state index contributed by atoms with van der Waals surface area (Å²) in [7, 11) is 0. The van der Waals surface area contributed by atoms with Gasteiger partial charge in [0, 0.05) is 11.6 Å². The molecule has 1 heterocycles. The molecule has 96 valence electrons. The Morgan fingerprint density at radius 3 is 2.78 bits per heavy atom. The number of benzene rings is 1. The summed E-state index contributed by atoms with van der Waals surface area (Å²) in [5.74, 6) is 0. The molecule has 0 bridgehead atoms. The van der Waals surface area contributed by atoms with Crippen molar-refractivity contribution in [2.75, 3.05) is 6.54 Å². The lowest BCUT2D eigenvalue weighted by atomic mass is 10.1. The van der Waals surface area contributed by atoms with Gasteiger partial charge in [0.25, 0.3) is 0 Å². The van der Waals surface area contributed by atoms with Gasteiger partial charge in [-0.25, -0.2) is 4.98 Å². The van der Waals surface area contributed by atoms with Gasteiger partial charge in [0.15, 0.2) is 6.23 Å². The van der Waals surface area contributed by atoms with E-state index in [4.69, 9.17) is 0 Å². The largest absolute Gasteiger partial charge is 0.372 e. The van der Waals surface area contributed by atoms with Crippen LogP contribution in [0.25, 0.3) is 0 Å². The Morgan fingerprint density at radius 1 is 1.22 bits per heavy atom. The van der Waals surface area contributed by atoms with Crippen molar-refractivity contribution in [3.8, 4) is 0 Å². The Morgan fingerprint density at radius 2 is 2.06 bits per heavy atom. The van der Waals surface area contributed by atoms with E-state index in [0.29, 0.717) is 0 Å². The molecule has 0 aliphatic heterocycles. The first-order valence-corrected chi connectivity index (χ1v) is 7.09. The van der Waals surface area contributed by atoms with Crippen LogP contribution in [-0.4, -0.2) is 16.6 Å². The molecule has 2 aromatic rings. The van der Waals surface area contributed by atoms with Crippen LogP contribution in [0.3, 0.4) is 0 Å². The number of unbranched alkanes of at least 4 members (excludes halogenated alkanes) is 1. The first-order chi connectivity index (χ1) is 8.86. The van der Waals surface area contributed by atoms with Crippen molar-refractivity contribution < 1.29 is 5.11 Å². The molecule has 0 aliphatic carbocycles. The third kappa shape index (κ3) is 4.22. The lowest BCUT2D eigenvalue weighted by Gasteiger charge is -2.09. The van der Waals surface area contributed by atoms with Gasteiger partial charge >= 0.3 is 0 Å². The number of hydrogen-bond acceptors (Lipinski definition) is 4. The maximum atomic E-state index is 9.76. The number of hydrogen-bond donors (Lipinski definition) is 2. The summed E-state index contributed by atoms with van der Waals surface area (Å²) in [4.78, 5) is 4.07. The predicted octanol–water partition coefficient (Wildman–Crippen LogP) is 2.75. The molecule has 0 spiro atoms. The van der Waals surface area contributed by atoms with E-state index in [1.54, 1.807) is 6.20 Å². The predicted molar refractivity (Wildman–Crippen MR) is 74.5 cm³/mol. The molecule has 0 saturated heterocycles. The third-order valence-corrected chi connectivity index (χ3v) is 3.59. The van der Waals surface area contributed by atoms with E-state index in [-0.39, 0.29) is 0 Å². The van der Waals surface area contributed by atoms with E-state index in [1.165, 1.54) is 16.9 Å². The molecule has 2 N–H and O–H groups in total. The summed E-state index contributed by atoms with van der Waals surface area (Å²) in [5, 5.41) is 15.4. The lowest BCUT2D eigenvalue weighted by molar-refractivity contribution is 0.138. The molecular formula is C14H18N2OS. The molecular weight excluding hydrogens is 244 g/mol. The van der Waals surface area contributed by atoms with Crippen LogP contribution >= 0.6 is 11.3 Å². The monoisotopic (exact) mass is 262 g/mol. The Hall–Kier alpha value is -1.23. The molecule has 0 fully saturated rings. The second kappa shape index (κ2) is 7.26. The van der Waals surface area contributed by atoms with Gasteiger partial charge in [0.2, 0.25) is 0 Å². The van der Waals surface area contributed by atoms with Crippen LogP contribution in [0.2, 0.25) is 0 Å². The number of nitrogens with zero attached hydrogens (tertiary/aromatic N) is 1. The van der Waals surface area contributed by atoms with Crippen molar-refractivity contribution in [2.45, 2.75) is 25.5 Å². The SMILES string of the molecule is OC(NCCCCc1ccccc1)c1nccs1. The molecule has 3 nitrogen and oxygen atoms in total. The average Bonchev–Trinajstić information content (AvgIpc) is 2.93. The molecule has 1 atom stereocenters. The van der Waals surface area contributed by atoms with Gasteiger partial charge in [-0.3, -0.25) is 5.32 Å². The molecule has 0 aliphatic rings. The zero-order valence-corrected chi connectivity index (χ0v) is 11.1. The smallest absolute Gasteiger partial charge is 0.157 e. The molecule has 0 amide bonds. The molecule has 1 aromatic heterocycles. The summed E-state index contributed by atoms with van der Waals surface area (Å²) in [6.45, 7) is 0.813. The molecule has 0 radical (unpaired) electrons. The highest BCUT2D eigenvalue weighted by molar-refractivity contribution is 7.09. The number of aryl methyl sites for hydroxylation is 1. The van der Waals surface area contributed by atoms with Crippen LogP contribution in [0.5, 0.6) is 0 Å². The topological polar surface area (TPSA) is 45.1 Å². The van der Waals surface area contributed by atoms with Crippen LogP contribution in [0.4, 0.5) is 0 Å². The first-order valence-electron chi connectivity index (χ1n) is 6.21. The Balaban J connectivity index is 1.59. The van der Waals surface area contributed by atoms with Gasteiger partial charge in [0.1, 0.15) is 5.01 Å². The van der Waals surface area contributed by atoms with Crippen molar-refractivity contribution >= 4 is 11.3 Å². The molecule has 1 aromatic carbocycles. The number of nitrogens with one attached hydrogen (secondary N) is 1. The molecule has 2 rings (SSSR count). The maximum absolute atomic E-state index is 9.76. The number of aliphatic hydroxyl groups is 1. The second-order valence-corrected chi connectivity index (χ2v) is 5.10. The van der Waals surface area contributed by atoms with Gasteiger partial charge in [0.05, 0.1) is 0 Å². The van der Waals surface area contributed by atoms with Crippen molar-refractivity contribution in [3.63, 3.8) is 0 Å². The van der Waals surface area contributed by atoms with Crippen LogP contribution in [0.15, 0.2) is 41.9 Å². The van der Waals surface area contributed by atoms with Crippen LogP contribution in [0.1, 0.15) is 29.6 Å². The standard InChI is InChI=1S/C14H18N2OS/c17-13(14-16-10-11-18-14)15-9-5-4-8-12-6-2-1-3-7-12/h1-3,6-7,10-11,13,15,17H,4-5,8-9H2. The summed E-state index contributed by atoms with van der Waals surface area (Å²) in [6, 6.07) is 10.5. The number of aliphatic hydroxyl groups excluding tert-OH is 1. The van der Waals surface area contributed by atoms with Crippen molar-refractivity contribution in [3.05, 3.63) is 52.5 Å². The molecule has 4 heteroatoms. The molecule has 1 unspecified atom stereocenters. The summed E-state index contributed by atoms with van der Waals surface area (Å²) in [5.41, 5.74) is 1.37. The Labute approximate surface area is 112 Å². The minimum Gasteiger partial charge on any atom is -0.372 e. The Bertz CT molecular complexity index is 430. The molecule has 18 heavy (non-hydrogen) atoms. The van der Waals surface area contributed by atoms with E-state index in [1.807, 2.05) is 11.4 Å². The number of rotatable bonds is 7. The number of aromatic nitrogens is 1. The number of thiazole rings is 1.